The molecule has 1 aliphatic carbocycles. The van der Waals surface area contributed by atoms with Gasteiger partial charge in [-0.3, -0.25) is 0 Å². The van der Waals surface area contributed by atoms with Crippen molar-refractivity contribution in [2.24, 2.45) is 17.6 Å². The van der Waals surface area contributed by atoms with Crippen molar-refractivity contribution in [1.29, 1.82) is 0 Å². The average Bonchev–Trinajstić information content (AvgIpc) is 2.60. The molecule has 1 rings (SSSR count). The third kappa shape index (κ3) is 3.08. The van der Waals surface area contributed by atoms with Crippen molar-refractivity contribution in [2.75, 3.05) is 12.8 Å². The average molecular weight is 192 g/mol. The molecule has 0 aromatic carbocycles. The number of hydrogen-bond donors (Lipinski definition) is 2. The summed E-state index contributed by atoms with van der Waals surface area (Å²) in [5, 5.41) is 0. The summed E-state index contributed by atoms with van der Waals surface area (Å²) in [4.78, 5) is 0. The van der Waals surface area contributed by atoms with Crippen molar-refractivity contribution in [3.8, 4) is 0 Å². The van der Waals surface area contributed by atoms with Gasteiger partial charge >= 0.3 is 0 Å². The molecule has 0 aliphatic heterocycles. The van der Waals surface area contributed by atoms with Crippen molar-refractivity contribution < 1.29 is 8.42 Å². The van der Waals surface area contributed by atoms with Gasteiger partial charge in [0.15, 0.2) is 0 Å². The normalized spacial score (nSPS) is 31.6. The van der Waals surface area contributed by atoms with Crippen LogP contribution in [0.3, 0.4) is 0 Å². The Balaban J connectivity index is 2.24. The Bertz CT molecular complexity index is 250. The lowest BCUT2D eigenvalue weighted by molar-refractivity contribution is 0.535. The molecule has 0 radical (unpaired) electrons. The molecule has 72 valence electrons. The van der Waals surface area contributed by atoms with E-state index in [0.29, 0.717) is 18.4 Å². The minimum Gasteiger partial charge on any atom is -0.326 e. The molecule has 5 heteroatoms. The molecule has 3 atom stereocenters. The first kappa shape index (κ1) is 9.95. The second-order valence-corrected chi connectivity index (χ2v) is 5.49. The lowest BCUT2D eigenvalue weighted by Crippen LogP contribution is -2.38. The zero-order valence-corrected chi connectivity index (χ0v) is 8.26. The second-order valence-electron chi connectivity index (χ2n) is 3.66. The Morgan fingerprint density at radius 3 is 2.50 bits per heavy atom. The molecule has 0 spiro atoms. The smallest absolute Gasteiger partial charge is 0.208 e. The fraction of sp³-hybridized carbons (Fsp3) is 1.00. The summed E-state index contributed by atoms with van der Waals surface area (Å²) >= 11 is 0. The molecule has 0 aromatic heterocycles. The van der Waals surface area contributed by atoms with Gasteiger partial charge in [0.1, 0.15) is 0 Å². The second kappa shape index (κ2) is 3.32. The van der Waals surface area contributed by atoms with Crippen LogP contribution in [0.4, 0.5) is 0 Å². The first-order valence-electron chi connectivity index (χ1n) is 4.10. The number of rotatable bonds is 4. The monoisotopic (exact) mass is 192 g/mol. The predicted molar refractivity (Wildman–Crippen MR) is 48.1 cm³/mol. The summed E-state index contributed by atoms with van der Waals surface area (Å²) in [6.07, 6.45) is 2.28. The molecule has 12 heavy (non-hydrogen) atoms. The van der Waals surface area contributed by atoms with E-state index in [1.54, 1.807) is 0 Å². The molecular weight excluding hydrogens is 176 g/mol. The highest BCUT2D eigenvalue weighted by Gasteiger charge is 2.37. The maximum Gasteiger partial charge on any atom is 0.208 e. The summed E-state index contributed by atoms with van der Waals surface area (Å²) in [6.45, 7) is 2.50. The van der Waals surface area contributed by atoms with E-state index in [4.69, 9.17) is 5.73 Å². The maximum absolute atomic E-state index is 10.7. The predicted octanol–water partition coefficient (Wildman–Crippen LogP) is -0.481. The van der Waals surface area contributed by atoms with Crippen molar-refractivity contribution in [1.82, 2.24) is 4.72 Å². The zero-order valence-electron chi connectivity index (χ0n) is 7.45. The van der Waals surface area contributed by atoms with Gasteiger partial charge in [-0.25, -0.2) is 13.1 Å². The van der Waals surface area contributed by atoms with Gasteiger partial charge in [-0.2, -0.15) is 0 Å². The van der Waals surface area contributed by atoms with Crippen molar-refractivity contribution in [3.05, 3.63) is 0 Å². The quantitative estimate of drug-likeness (QED) is 0.632. The standard InChI is InChI=1S/C7H16N2O2S/c1-5-3-6(5)7(8)4-9-12(2,10)11/h5-7,9H,3-4,8H2,1-2H3. The molecule has 3 N–H and O–H groups in total. The van der Waals surface area contributed by atoms with Crippen LogP contribution in [0, 0.1) is 11.8 Å². The van der Waals surface area contributed by atoms with E-state index in [2.05, 4.69) is 11.6 Å². The Kier molecular flexibility index (Phi) is 2.75. The molecule has 0 amide bonds. The summed E-state index contributed by atoms with van der Waals surface area (Å²) in [5.41, 5.74) is 5.75. The zero-order chi connectivity index (χ0) is 9.35. The van der Waals surface area contributed by atoms with E-state index in [9.17, 15) is 8.42 Å². The van der Waals surface area contributed by atoms with Gasteiger partial charge in [0.2, 0.25) is 10.0 Å². The van der Waals surface area contributed by atoms with Crippen molar-refractivity contribution in [3.63, 3.8) is 0 Å². The largest absolute Gasteiger partial charge is 0.326 e. The summed E-state index contributed by atoms with van der Waals surface area (Å²) in [6, 6.07) is -0.0188. The van der Waals surface area contributed by atoms with Gasteiger partial charge in [-0.1, -0.05) is 6.92 Å². The van der Waals surface area contributed by atoms with Crippen LogP contribution >= 0.6 is 0 Å². The van der Waals surface area contributed by atoms with Gasteiger partial charge in [0.25, 0.3) is 0 Å². The van der Waals surface area contributed by atoms with Crippen LogP contribution in [0.5, 0.6) is 0 Å². The molecule has 3 unspecified atom stereocenters. The van der Waals surface area contributed by atoms with E-state index < -0.39 is 10.0 Å². The fourth-order valence-electron chi connectivity index (χ4n) is 1.35. The van der Waals surface area contributed by atoms with Crippen LogP contribution in [-0.4, -0.2) is 27.3 Å². The lowest BCUT2D eigenvalue weighted by atomic mass is 10.2. The Labute approximate surface area is 73.6 Å². The van der Waals surface area contributed by atoms with Crippen LogP contribution in [0.15, 0.2) is 0 Å². The van der Waals surface area contributed by atoms with Crippen LogP contribution in [0.2, 0.25) is 0 Å². The molecule has 0 aromatic rings. The molecular formula is C7H16N2O2S. The molecule has 0 heterocycles. The Hall–Kier alpha value is -0.130. The molecule has 0 saturated heterocycles. The van der Waals surface area contributed by atoms with E-state index in [1.165, 1.54) is 0 Å². The third-order valence-corrected chi connectivity index (χ3v) is 2.99. The topological polar surface area (TPSA) is 72.2 Å². The number of nitrogens with two attached hydrogens (primary N) is 1. The van der Waals surface area contributed by atoms with Gasteiger partial charge < -0.3 is 5.73 Å². The van der Waals surface area contributed by atoms with Crippen LogP contribution in [-0.2, 0) is 10.0 Å². The lowest BCUT2D eigenvalue weighted by Gasteiger charge is -2.10. The van der Waals surface area contributed by atoms with Gasteiger partial charge in [-0.15, -0.1) is 0 Å². The summed E-state index contributed by atoms with van der Waals surface area (Å²) < 4.78 is 23.8. The minimum absolute atomic E-state index is 0.0188. The Morgan fingerprint density at radius 2 is 2.17 bits per heavy atom. The van der Waals surface area contributed by atoms with Gasteiger partial charge in [0.05, 0.1) is 6.26 Å². The van der Waals surface area contributed by atoms with E-state index >= 15 is 0 Å². The number of sulfonamides is 1. The first-order chi connectivity index (χ1) is 5.40. The maximum atomic E-state index is 10.7. The third-order valence-electron chi connectivity index (χ3n) is 2.30. The summed E-state index contributed by atoms with van der Waals surface area (Å²) in [7, 11) is -3.07. The number of hydrogen-bond acceptors (Lipinski definition) is 3. The fourth-order valence-corrected chi connectivity index (χ4v) is 1.84. The highest BCUT2D eigenvalue weighted by molar-refractivity contribution is 7.88. The van der Waals surface area contributed by atoms with Crippen LogP contribution < -0.4 is 10.5 Å². The van der Waals surface area contributed by atoms with Gasteiger partial charge in [-0.05, 0) is 18.3 Å². The van der Waals surface area contributed by atoms with Crippen LogP contribution in [0.1, 0.15) is 13.3 Å². The van der Waals surface area contributed by atoms with Crippen molar-refractivity contribution >= 4 is 10.0 Å². The first-order valence-corrected chi connectivity index (χ1v) is 5.99. The highest BCUT2D eigenvalue weighted by Crippen LogP contribution is 2.39. The molecule has 1 fully saturated rings. The SMILES string of the molecule is CC1CC1C(N)CNS(C)(=O)=O. The summed E-state index contributed by atoms with van der Waals surface area (Å²) in [5.74, 6) is 1.18. The molecule has 1 saturated carbocycles. The number of nitrogens with one attached hydrogen (secondary N) is 1. The highest BCUT2D eigenvalue weighted by atomic mass is 32.2. The van der Waals surface area contributed by atoms with Crippen molar-refractivity contribution in [2.45, 2.75) is 19.4 Å². The van der Waals surface area contributed by atoms with E-state index in [0.717, 1.165) is 12.7 Å². The van der Waals surface area contributed by atoms with Gasteiger partial charge in [0, 0.05) is 12.6 Å². The Morgan fingerprint density at radius 1 is 1.67 bits per heavy atom. The van der Waals surface area contributed by atoms with E-state index in [1.807, 2.05) is 0 Å². The van der Waals surface area contributed by atoms with E-state index in [-0.39, 0.29) is 6.04 Å². The van der Waals surface area contributed by atoms with Crippen LogP contribution in [0.25, 0.3) is 0 Å². The molecule has 1 aliphatic rings. The molecule has 0 bridgehead atoms. The molecule has 4 nitrogen and oxygen atoms in total. The minimum atomic E-state index is -3.07.